The second kappa shape index (κ2) is 4.70. The predicted molar refractivity (Wildman–Crippen MR) is 69.6 cm³/mol. The molecular weight excluding hydrogens is 266 g/mol. The fraction of sp³-hybridized carbons (Fsp3) is 0.667. The van der Waals surface area contributed by atoms with Gasteiger partial charge in [0.25, 0.3) is 0 Å². The van der Waals surface area contributed by atoms with Gasteiger partial charge in [-0.15, -0.1) is 0 Å². The molecule has 1 aromatic rings. The van der Waals surface area contributed by atoms with Crippen LogP contribution in [-0.2, 0) is 0 Å². The molecule has 0 spiro atoms. The molecule has 2 heterocycles. The summed E-state index contributed by atoms with van der Waals surface area (Å²) in [5.41, 5.74) is 0.529. The molecule has 88 valence electrons. The first kappa shape index (κ1) is 11.8. The summed E-state index contributed by atoms with van der Waals surface area (Å²) in [6.07, 6.45) is 5.40. The Hall–Kier alpha value is -0.640. The largest absolute Gasteiger partial charge is 0.356 e. The highest BCUT2D eigenvalue weighted by Crippen LogP contribution is 2.35. The predicted octanol–water partition coefficient (Wildman–Crippen LogP) is 3.26. The summed E-state index contributed by atoms with van der Waals surface area (Å²) in [5.74, 6) is 1.04. The van der Waals surface area contributed by atoms with Crippen LogP contribution in [0.25, 0.3) is 0 Å². The van der Waals surface area contributed by atoms with E-state index in [-0.39, 0.29) is 0 Å². The van der Waals surface area contributed by atoms with Crippen molar-refractivity contribution in [3.05, 3.63) is 17.0 Å². The van der Waals surface area contributed by atoms with E-state index in [2.05, 4.69) is 44.6 Å². The molecule has 1 saturated heterocycles. The molecule has 0 saturated carbocycles. The van der Waals surface area contributed by atoms with Crippen molar-refractivity contribution >= 4 is 21.7 Å². The lowest BCUT2D eigenvalue weighted by atomic mass is 9.78. The van der Waals surface area contributed by atoms with Crippen molar-refractivity contribution in [1.82, 2.24) is 9.97 Å². The maximum Gasteiger partial charge on any atom is 0.133 e. The molecule has 0 amide bonds. The summed E-state index contributed by atoms with van der Waals surface area (Å²) in [5, 5.41) is 0. The molecule has 4 heteroatoms. The van der Waals surface area contributed by atoms with Crippen molar-refractivity contribution < 1.29 is 0 Å². The average Bonchev–Trinajstić information content (AvgIpc) is 2.30. The fourth-order valence-electron chi connectivity index (χ4n) is 2.13. The van der Waals surface area contributed by atoms with Gasteiger partial charge in [-0.25, -0.2) is 9.97 Å². The first-order valence-electron chi connectivity index (χ1n) is 5.85. The van der Waals surface area contributed by atoms with Crippen LogP contribution in [0.2, 0.25) is 0 Å². The minimum Gasteiger partial charge on any atom is -0.356 e. The van der Waals surface area contributed by atoms with Gasteiger partial charge in [0.2, 0.25) is 0 Å². The zero-order valence-electron chi connectivity index (χ0n) is 9.91. The van der Waals surface area contributed by atoms with Gasteiger partial charge in [-0.1, -0.05) is 20.3 Å². The Bertz CT molecular complexity index is 359. The van der Waals surface area contributed by atoms with Crippen LogP contribution in [0.4, 0.5) is 5.82 Å². The second-order valence-corrected chi connectivity index (χ2v) is 5.66. The number of aromatic nitrogens is 2. The third-order valence-corrected chi connectivity index (χ3v) is 4.20. The molecule has 1 aliphatic heterocycles. The maximum absolute atomic E-state index is 4.32. The Morgan fingerprint density at radius 1 is 1.38 bits per heavy atom. The van der Waals surface area contributed by atoms with Crippen LogP contribution >= 0.6 is 15.9 Å². The summed E-state index contributed by atoms with van der Waals surface area (Å²) >= 11 is 3.39. The second-order valence-electron chi connectivity index (χ2n) is 4.85. The molecule has 0 N–H and O–H groups in total. The summed E-state index contributed by atoms with van der Waals surface area (Å²) in [6, 6.07) is 1.99. The molecule has 1 aromatic heterocycles. The van der Waals surface area contributed by atoms with Crippen molar-refractivity contribution in [3.63, 3.8) is 0 Å². The molecule has 0 bridgehead atoms. The van der Waals surface area contributed by atoms with Gasteiger partial charge in [-0.05, 0) is 34.2 Å². The molecule has 0 atom stereocenters. The molecule has 0 aromatic carbocycles. The van der Waals surface area contributed by atoms with Crippen LogP contribution in [-0.4, -0.2) is 23.1 Å². The molecule has 0 unspecified atom stereocenters. The van der Waals surface area contributed by atoms with E-state index in [1.807, 2.05) is 6.07 Å². The lowest BCUT2D eigenvalue weighted by Crippen LogP contribution is -2.38. The minimum atomic E-state index is 0.529. The normalized spacial score (nSPS) is 19.8. The lowest BCUT2D eigenvalue weighted by Gasteiger charge is -2.39. The Kier molecular flexibility index (Phi) is 3.47. The number of rotatable bonds is 2. The van der Waals surface area contributed by atoms with Crippen LogP contribution < -0.4 is 4.90 Å². The first-order chi connectivity index (χ1) is 7.63. The van der Waals surface area contributed by atoms with E-state index in [9.17, 15) is 0 Å². The van der Waals surface area contributed by atoms with Gasteiger partial charge in [0.1, 0.15) is 16.7 Å². The van der Waals surface area contributed by atoms with Gasteiger partial charge in [-0.3, -0.25) is 0 Å². The van der Waals surface area contributed by atoms with Gasteiger partial charge in [0, 0.05) is 19.2 Å². The van der Waals surface area contributed by atoms with Crippen LogP contribution in [0, 0.1) is 5.41 Å². The van der Waals surface area contributed by atoms with E-state index in [1.54, 1.807) is 6.33 Å². The highest BCUT2D eigenvalue weighted by Gasteiger charge is 2.28. The van der Waals surface area contributed by atoms with Crippen molar-refractivity contribution in [2.75, 3.05) is 18.0 Å². The van der Waals surface area contributed by atoms with Crippen molar-refractivity contribution in [1.29, 1.82) is 0 Å². The summed E-state index contributed by atoms with van der Waals surface area (Å²) < 4.78 is 0.862. The van der Waals surface area contributed by atoms with Gasteiger partial charge >= 0.3 is 0 Å². The van der Waals surface area contributed by atoms with Crippen LogP contribution in [0.15, 0.2) is 17.0 Å². The monoisotopic (exact) mass is 283 g/mol. The average molecular weight is 284 g/mol. The van der Waals surface area contributed by atoms with Crippen molar-refractivity contribution in [2.24, 2.45) is 5.41 Å². The maximum atomic E-state index is 4.32. The Balaban J connectivity index is 2.04. The summed E-state index contributed by atoms with van der Waals surface area (Å²) in [6.45, 7) is 6.89. The van der Waals surface area contributed by atoms with Crippen LogP contribution in [0.5, 0.6) is 0 Å². The van der Waals surface area contributed by atoms with E-state index < -0.39 is 0 Å². The van der Waals surface area contributed by atoms with E-state index in [4.69, 9.17) is 0 Å². The molecule has 1 aliphatic rings. The Morgan fingerprint density at radius 2 is 2.06 bits per heavy atom. The van der Waals surface area contributed by atoms with Crippen molar-refractivity contribution in [3.8, 4) is 0 Å². The van der Waals surface area contributed by atoms with Gasteiger partial charge in [-0.2, -0.15) is 0 Å². The molecule has 16 heavy (non-hydrogen) atoms. The molecular formula is C12H18BrN3. The number of halogens is 1. The molecule has 0 radical (unpaired) electrons. The first-order valence-corrected chi connectivity index (χ1v) is 6.65. The molecule has 0 aliphatic carbocycles. The van der Waals surface area contributed by atoms with Crippen LogP contribution in [0.3, 0.4) is 0 Å². The van der Waals surface area contributed by atoms with E-state index in [1.165, 1.54) is 19.3 Å². The van der Waals surface area contributed by atoms with Gasteiger partial charge in [0.05, 0.1) is 0 Å². The highest BCUT2D eigenvalue weighted by molar-refractivity contribution is 9.10. The number of piperidine rings is 1. The van der Waals surface area contributed by atoms with Crippen LogP contribution in [0.1, 0.15) is 33.1 Å². The number of anilines is 1. The third kappa shape index (κ3) is 2.54. The van der Waals surface area contributed by atoms with E-state index in [0.29, 0.717) is 5.41 Å². The highest BCUT2D eigenvalue weighted by atomic mass is 79.9. The van der Waals surface area contributed by atoms with Crippen molar-refractivity contribution in [2.45, 2.75) is 33.1 Å². The smallest absolute Gasteiger partial charge is 0.133 e. The molecule has 3 nitrogen and oxygen atoms in total. The quantitative estimate of drug-likeness (QED) is 0.781. The fourth-order valence-corrected chi connectivity index (χ4v) is 2.42. The topological polar surface area (TPSA) is 29.0 Å². The Morgan fingerprint density at radius 3 is 2.62 bits per heavy atom. The summed E-state index contributed by atoms with van der Waals surface area (Å²) in [7, 11) is 0. The van der Waals surface area contributed by atoms with E-state index in [0.717, 1.165) is 23.5 Å². The zero-order valence-corrected chi connectivity index (χ0v) is 11.5. The molecule has 1 fully saturated rings. The van der Waals surface area contributed by atoms with Gasteiger partial charge < -0.3 is 4.90 Å². The number of nitrogens with zero attached hydrogens (tertiary/aromatic N) is 3. The Labute approximate surface area is 105 Å². The third-order valence-electron chi connectivity index (χ3n) is 3.77. The minimum absolute atomic E-state index is 0.529. The number of hydrogen-bond donors (Lipinski definition) is 0. The standard InChI is InChI=1S/C12H18BrN3/c1-3-12(2)4-6-16(7-5-12)11-8-10(13)14-9-15-11/h8-9H,3-7H2,1-2H3. The summed E-state index contributed by atoms with van der Waals surface area (Å²) in [4.78, 5) is 10.7. The SMILES string of the molecule is CCC1(C)CCN(c2cc(Br)ncn2)CC1. The number of hydrogen-bond acceptors (Lipinski definition) is 3. The molecule has 2 rings (SSSR count). The van der Waals surface area contributed by atoms with Gasteiger partial charge in [0.15, 0.2) is 0 Å². The lowest BCUT2D eigenvalue weighted by molar-refractivity contribution is 0.238. The zero-order chi connectivity index (χ0) is 11.6. The van der Waals surface area contributed by atoms with E-state index >= 15 is 0 Å².